The van der Waals surface area contributed by atoms with Crippen LogP contribution in [-0.4, -0.2) is 29.0 Å². The molecule has 1 aliphatic rings. The Morgan fingerprint density at radius 1 is 1.26 bits per heavy atom. The van der Waals surface area contributed by atoms with Crippen LogP contribution in [0.15, 0.2) is 52.6 Å². The van der Waals surface area contributed by atoms with Crippen LogP contribution in [0.1, 0.15) is 42.0 Å². The molecule has 9 heteroatoms. The maximum atomic E-state index is 13.2. The molecule has 0 spiro atoms. The Balaban J connectivity index is 1.74. The molecule has 1 aliphatic heterocycles. The van der Waals surface area contributed by atoms with E-state index in [9.17, 15) is 18.0 Å². The molecule has 1 atom stereocenters. The van der Waals surface area contributed by atoms with Crippen molar-refractivity contribution in [1.82, 2.24) is 4.98 Å². The fourth-order valence-electron chi connectivity index (χ4n) is 3.15. The van der Waals surface area contributed by atoms with Crippen molar-refractivity contribution in [2.24, 2.45) is 15.7 Å². The largest absolute Gasteiger partial charge is 0.416 e. The lowest BCUT2D eigenvalue weighted by Gasteiger charge is -2.11. The summed E-state index contributed by atoms with van der Waals surface area (Å²) in [6, 6.07) is 6.79. The lowest BCUT2D eigenvalue weighted by atomic mass is 10.0. The number of allylic oxidation sites excluding steroid dienone is 1. The Hall–Kier alpha value is -3.00. The number of hydrogen-bond donors (Lipinski definition) is 1. The normalized spacial score (nSPS) is 16.5. The number of amidine groups is 1. The molecular formula is C22H20ClF3N4O. The number of primary amides is 1. The van der Waals surface area contributed by atoms with Crippen molar-refractivity contribution in [2.75, 3.05) is 0 Å². The minimum Gasteiger partial charge on any atom is -0.366 e. The number of rotatable bonds is 7. The van der Waals surface area contributed by atoms with Crippen LogP contribution in [0.2, 0.25) is 5.15 Å². The second-order valence-corrected chi connectivity index (χ2v) is 7.38. The van der Waals surface area contributed by atoms with E-state index in [2.05, 4.69) is 15.0 Å². The molecule has 0 bridgehead atoms. The fraction of sp³-hybridized carbons (Fsp3) is 0.273. The first kappa shape index (κ1) is 22.7. The first-order chi connectivity index (χ1) is 14.7. The summed E-state index contributed by atoms with van der Waals surface area (Å²) >= 11 is 5.77. The van der Waals surface area contributed by atoms with Gasteiger partial charge in [-0.3, -0.25) is 9.79 Å². The molecule has 0 aliphatic carbocycles. The number of alkyl halides is 3. The predicted octanol–water partition coefficient (Wildman–Crippen LogP) is 4.86. The summed E-state index contributed by atoms with van der Waals surface area (Å²) in [4.78, 5) is 24.4. The van der Waals surface area contributed by atoms with Crippen LogP contribution in [0.25, 0.3) is 5.57 Å². The van der Waals surface area contributed by atoms with Gasteiger partial charge in [-0.2, -0.15) is 13.2 Å². The minimum absolute atomic E-state index is 0.270. The first-order valence-corrected chi connectivity index (χ1v) is 10.0. The van der Waals surface area contributed by atoms with Gasteiger partial charge in [-0.25, -0.2) is 9.98 Å². The zero-order valence-electron chi connectivity index (χ0n) is 16.7. The number of carbonyl (C=O) groups is 1. The van der Waals surface area contributed by atoms with Crippen LogP contribution in [0.4, 0.5) is 13.2 Å². The molecule has 162 valence electrons. The number of amides is 1. The summed E-state index contributed by atoms with van der Waals surface area (Å²) in [6.07, 6.45) is 1.77. The molecule has 31 heavy (non-hydrogen) atoms. The molecule has 0 fully saturated rings. The monoisotopic (exact) mass is 448 g/mol. The highest BCUT2D eigenvalue weighted by Gasteiger charge is 2.31. The smallest absolute Gasteiger partial charge is 0.366 e. The van der Waals surface area contributed by atoms with Crippen LogP contribution in [0, 0.1) is 0 Å². The molecule has 0 saturated carbocycles. The number of hydrogen-bond acceptors (Lipinski definition) is 4. The third-order valence-corrected chi connectivity index (χ3v) is 4.98. The van der Waals surface area contributed by atoms with E-state index in [0.29, 0.717) is 46.7 Å². The molecule has 1 aromatic carbocycles. The maximum Gasteiger partial charge on any atom is 0.416 e. The topological polar surface area (TPSA) is 80.7 Å². The first-order valence-electron chi connectivity index (χ1n) is 9.62. The number of aliphatic imine (C=N–C) groups is 2. The third kappa shape index (κ3) is 5.79. The number of aryl methyl sites for hydroxylation is 1. The lowest BCUT2D eigenvalue weighted by Crippen LogP contribution is -2.13. The van der Waals surface area contributed by atoms with Gasteiger partial charge < -0.3 is 5.73 Å². The second-order valence-electron chi connectivity index (χ2n) is 7.00. The van der Waals surface area contributed by atoms with E-state index in [-0.39, 0.29) is 11.9 Å². The second kappa shape index (κ2) is 9.43. The van der Waals surface area contributed by atoms with Gasteiger partial charge in [0.05, 0.1) is 11.6 Å². The van der Waals surface area contributed by atoms with Gasteiger partial charge in [0.2, 0.25) is 5.91 Å². The number of aromatic nitrogens is 1. The molecule has 2 heterocycles. The highest BCUT2D eigenvalue weighted by molar-refractivity contribution is 6.29. The Kier molecular flexibility index (Phi) is 6.90. The van der Waals surface area contributed by atoms with Crippen molar-refractivity contribution in [2.45, 2.75) is 38.4 Å². The van der Waals surface area contributed by atoms with Gasteiger partial charge in [0.1, 0.15) is 5.15 Å². The maximum absolute atomic E-state index is 13.2. The van der Waals surface area contributed by atoms with E-state index in [1.807, 2.05) is 0 Å². The molecular weight excluding hydrogens is 429 g/mol. The molecule has 0 radical (unpaired) electrons. The van der Waals surface area contributed by atoms with Gasteiger partial charge in [0.25, 0.3) is 0 Å². The Morgan fingerprint density at radius 3 is 2.65 bits per heavy atom. The number of nitrogens with two attached hydrogens (primary N) is 1. The molecule has 1 aromatic heterocycles. The molecule has 3 rings (SSSR count). The SMILES string of the molecule is CCc1cc(C2=NC(CC/C=C(\C(N)=O)c3ccc(Cl)nc3)C=N2)cc(C(F)(F)F)c1. The molecule has 0 saturated heterocycles. The standard InChI is InChI=1S/C22H20ClF3N4O/c1-2-13-8-15(10-16(9-13)22(24,25)26)21-29-12-17(30-21)4-3-5-18(20(27)31)14-6-7-19(23)28-11-14/h5-12,17H,2-4H2,1H3,(H2,27,31)/b18-5-. The Bertz CT molecular complexity index is 1060. The Labute approximate surface area is 182 Å². The zero-order valence-corrected chi connectivity index (χ0v) is 17.4. The zero-order chi connectivity index (χ0) is 22.6. The van der Waals surface area contributed by atoms with Crippen molar-refractivity contribution in [3.05, 3.63) is 70.0 Å². The quantitative estimate of drug-likeness (QED) is 0.484. The summed E-state index contributed by atoms with van der Waals surface area (Å²) in [5, 5.41) is 0.303. The van der Waals surface area contributed by atoms with Crippen LogP contribution in [0.5, 0.6) is 0 Å². The summed E-state index contributed by atoms with van der Waals surface area (Å²) in [5.41, 5.74) is 6.52. The molecule has 2 aromatic rings. The highest BCUT2D eigenvalue weighted by Crippen LogP contribution is 2.31. The number of carbonyl (C=O) groups excluding carboxylic acids is 1. The van der Waals surface area contributed by atoms with E-state index in [0.717, 1.165) is 12.1 Å². The average Bonchev–Trinajstić information content (AvgIpc) is 3.20. The molecule has 5 nitrogen and oxygen atoms in total. The average molecular weight is 449 g/mol. The third-order valence-electron chi connectivity index (χ3n) is 4.76. The van der Waals surface area contributed by atoms with E-state index in [1.54, 1.807) is 37.4 Å². The Morgan fingerprint density at radius 2 is 2.03 bits per heavy atom. The van der Waals surface area contributed by atoms with E-state index in [4.69, 9.17) is 17.3 Å². The van der Waals surface area contributed by atoms with Crippen molar-refractivity contribution < 1.29 is 18.0 Å². The van der Waals surface area contributed by atoms with Crippen LogP contribution >= 0.6 is 11.6 Å². The number of pyridine rings is 1. The van der Waals surface area contributed by atoms with E-state index < -0.39 is 17.6 Å². The molecule has 1 unspecified atom stereocenters. The van der Waals surface area contributed by atoms with E-state index in [1.165, 1.54) is 6.20 Å². The summed E-state index contributed by atoms with van der Waals surface area (Å²) in [7, 11) is 0. The summed E-state index contributed by atoms with van der Waals surface area (Å²) in [6.45, 7) is 1.79. The summed E-state index contributed by atoms with van der Waals surface area (Å²) < 4.78 is 39.5. The lowest BCUT2D eigenvalue weighted by molar-refractivity contribution is -0.137. The van der Waals surface area contributed by atoms with Crippen molar-refractivity contribution in [1.29, 1.82) is 0 Å². The van der Waals surface area contributed by atoms with Crippen molar-refractivity contribution >= 4 is 35.1 Å². The number of benzene rings is 1. The predicted molar refractivity (Wildman–Crippen MR) is 115 cm³/mol. The number of halogens is 4. The van der Waals surface area contributed by atoms with E-state index >= 15 is 0 Å². The van der Waals surface area contributed by atoms with Gasteiger partial charge in [0.15, 0.2) is 5.84 Å². The highest BCUT2D eigenvalue weighted by atomic mass is 35.5. The van der Waals surface area contributed by atoms with Gasteiger partial charge >= 0.3 is 6.18 Å². The van der Waals surface area contributed by atoms with Gasteiger partial charge in [-0.15, -0.1) is 0 Å². The molecule has 2 N–H and O–H groups in total. The van der Waals surface area contributed by atoms with Gasteiger partial charge in [0, 0.05) is 29.1 Å². The van der Waals surface area contributed by atoms with Crippen LogP contribution in [0.3, 0.4) is 0 Å². The van der Waals surface area contributed by atoms with Gasteiger partial charge in [-0.05, 0) is 55.2 Å². The molecule has 1 amide bonds. The van der Waals surface area contributed by atoms with Crippen LogP contribution < -0.4 is 5.73 Å². The number of nitrogens with zero attached hydrogens (tertiary/aromatic N) is 3. The van der Waals surface area contributed by atoms with Gasteiger partial charge in [-0.1, -0.05) is 24.6 Å². The minimum atomic E-state index is -4.44. The summed E-state index contributed by atoms with van der Waals surface area (Å²) in [5.74, 6) is -0.323. The fourth-order valence-corrected chi connectivity index (χ4v) is 3.26. The van der Waals surface area contributed by atoms with Crippen LogP contribution in [-0.2, 0) is 17.4 Å². The van der Waals surface area contributed by atoms with Crippen molar-refractivity contribution in [3.63, 3.8) is 0 Å². The van der Waals surface area contributed by atoms with Crippen molar-refractivity contribution in [3.8, 4) is 0 Å².